The van der Waals surface area contributed by atoms with Gasteiger partial charge in [0.05, 0.1) is 0 Å². The van der Waals surface area contributed by atoms with Crippen molar-refractivity contribution in [3.63, 3.8) is 0 Å². The third kappa shape index (κ3) is 2.95. The molecule has 0 aliphatic carbocycles. The molecule has 0 aromatic rings. The standard InChI is InChI=1S/C10H16N2O/c1-8-6-7-12(3)13-10(8)5-4-9(2)11/h4-5H,2,6-7,11H2,1,3H3/b5-4-. The Balaban J connectivity index is 2.71. The SMILES string of the molecule is C=C(N)/C=C\C1=C(C)CCN(C)O1. The van der Waals surface area contributed by atoms with E-state index in [1.807, 2.05) is 18.2 Å². The maximum atomic E-state index is 5.48. The highest BCUT2D eigenvalue weighted by Gasteiger charge is 2.11. The maximum absolute atomic E-state index is 5.48. The fraction of sp³-hybridized carbons (Fsp3) is 0.400. The van der Waals surface area contributed by atoms with Crippen molar-refractivity contribution in [1.29, 1.82) is 0 Å². The average molecular weight is 180 g/mol. The van der Waals surface area contributed by atoms with E-state index in [1.54, 1.807) is 6.08 Å². The van der Waals surface area contributed by atoms with Crippen LogP contribution in [0, 0.1) is 0 Å². The summed E-state index contributed by atoms with van der Waals surface area (Å²) < 4.78 is 0. The second kappa shape index (κ2) is 4.14. The Morgan fingerprint density at radius 1 is 1.69 bits per heavy atom. The van der Waals surface area contributed by atoms with Gasteiger partial charge >= 0.3 is 0 Å². The molecule has 0 saturated heterocycles. The smallest absolute Gasteiger partial charge is 0.146 e. The third-order valence-corrected chi connectivity index (χ3v) is 1.93. The Labute approximate surface area is 79.1 Å². The van der Waals surface area contributed by atoms with Gasteiger partial charge in [0, 0.05) is 19.3 Å². The van der Waals surface area contributed by atoms with Gasteiger partial charge in [-0.05, 0) is 31.1 Å². The molecule has 2 N–H and O–H groups in total. The van der Waals surface area contributed by atoms with Crippen LogP contribution in [-0.4, -0.2) is 18.7 Å². The van der Waals surface area contributed by atoms with E-state index in [0.717, 1.165) is 18.7 Å². The third-order valence-electron chi connectivity index (χ3n) is 1.93. The van der Waals surface area contributed by atoms with E-state index in [9.17, 15) is 0 Å². The Morgan fingerprint density at radius 3 is 3.00 bits per heavy atom. The minimum absolute atomic E-state index is 0.539. The molecule has 0 bridgehead atoms. The Kier molecular flexibility index (Phi) is 3.14. The zero-order chi connectivity index (χ0) is 9.84. The quantitative estimate of drug-likeness (QED) is 0.655. The molecule has 13 heavy (non-hydrogen) atoms. The van der Waals surface area contributed by atoms with Crippen LogP contribution in [-0.2, 0) is 4.84 Å². The van der Waals surface area contributed by atoms with Crippen LogP contribution in [0.25, 0.3) is 0 Å². The first-order valence-electron chi connectivity index (χ1n) is 4.31. The predicted molar refractivity (Wildman–Crippen MR) is 53.5 cm³/mol. The normalized spacial score (nSPS) is 19.2. The second-order valence-corrected chi connectivity index (χ2v) is 3.25. The number of hydroxylamine groups is 2. The van der Waals surface area contributed by atoms with E-state index in [2.05, 4.69) is 13.5 Å². The van der Waals surface area contributed by atoms with Crippen LogP contribution in [0.2, 0.25) is 0 Å². The predicted octanol–water partition coefficient (Wildman–Crippen LogP) is 1.56. The number of rotatable bonds is 2. The van der Waals surface area contributed by atoms with E-state index >= 15 is 0 Å². The van der Waals surface area contributed by atoms with Crippen molar-refractivity contribution in [3.8, 4) is 0 Å². The summed E-state index contributed by atoms with van der Waals surface area (Å²) in [4.78, 5) is 5.48. The van der Waals surface area contributed by atoms with Crippen molar-refractivity contribution in [1.82, 2.24) is 5.06 Å². The van der Waals surface area contributed by atoms with E-state index in [1.165, 1.54) is 5.57 Å². The average Bonchev–Trinajstić information content (AvgIpc) is 2.06. The summed E-state index contributed by atoms with van der Waals surface area (Å²) in [6.07, 6.45) is 4.64. The largest absolute Gasteiger partial charge is 0.406 e. The summed E-state index contributed by atoms with van der Waals surface area (Å²) in [6, 6.07) is 0. The zero-order valence-electron chi connectivity index (χ0n) is 8.21. The highest BCUT2D eigenvalue weighted by Crippen LogP contribution is 2.18. The Hall–Kier alpha value is -1.22. The molecule has 0 amide bonds. The molecule has 1 rings (SSSR count). The van der Waals surface area contributed by atoms with Gasteiger partial charge < -0.3 is 10.6 Å². The summed E-state index contributed by atoms with van der Waals surface area (Å²) in [6.45, 7) is 6.58. The first-order valence-corrected chi connectivity index (χ1v) is 4.31. The molecule has 1 aliphatic heterocycles. The second-order valence-electron chi connectivity index (χ2n) is 3.25. The van der Waals surface area contributed by atoms with Crippen molar-refractivity contribution in [2.45, 2.75) is 13.3 Å². The molecule has 0 saturated carbocycles. The van der Waals surface area contributed by atoms with Crippen LogP contribution in [0.3, 0.4) is 0 Å². The monoisotopic (exact) mass is 180 g/mol. The van der Waals surface area contributed by atoms with Crippen LogP contribution in [0.1, 0.15) is 13.3 Å². The molecular weight excluding hydrogens is 164 g/mol. The molecular formula is C10H16N2O. The molecule has 1 aliphatic rings. The minimum atomic E-state index is 0.539. The molecule has 0 aromatic heterocycles. The Bertz CT molecular complexity index is 266. The van der Waals surface area contributed by atoms with Gasteiger partial charge in [-0.25, -0.2) is 0 Å². The molecule has 0 fully saturated rings. The highest BCUT2D eigenvalue weighted by molar-refractivity contribution is 5.25. The number of hydrogen-bond acceptors (Lipinski definition) is 3. The number of allylic oxidation sites excluding steroid dienone is 2. The van der Waals surface area contributed by atoms with Gasteiger partial charge in [0.25, 0.3) is 0 Å². The number of nitrogens with two attached hydrogens (primary N) is 1. The lowest BCUT2D eigenvalue weighted by atomic mass is 10.1. The van der Waals surface area contributed by atoms with Crippen molar-refractivity contribution >= 4 is 0 Å². The summed E-state index contributed by atoms with van der Waals surface area (Å²) in [5, 5.41) is 1.81. The molecule has 3 heteroatoms. The molecule has 1 heterocycles. The van der Waals surface area contributed by atoms with Crippen LogP contribution in [0.4, 0.5) is 0 Å². The summed E-state index contributed by atoms with van der Waals surface area (Å²) in [5.41, 5.74) is 7.20. The van der Waals surface area contributed by atoms with Gasteiger partial charge in [0.1, 0.15) is 5.76 Å². The van der Waals surface area contributed by atoms with Crippen LogP contribution < -0.4 is 5.73 Å². The lowest BCUT2D eigenvalue weighted by molar-refractivity contribution is -0.102. The lowest BCUT2D eigenvalue weighted by Crippen LogP contribution is -2.24. The van der Waals surface area contributed by atoms with Gasteiger partial charge in [-0.3, -0.25) is 0 Å². The van der Waals surface area contributed by atoms with Crippen LogP contribution >= 0.6 is 0 Å². The van der Waals surface area contributed by atoms with Gasteiger partial charge in [-0.15, -0.1) is 5.06 Å². The first-order chi connectivity index (χ1) is 6.09. The van der Waals surface area contributed by atoms with Gasteiger partial charge in [0.2, 0.25) is 0 Å². The van der Waals surface area contributed by atoms with Crippen molar-refractivity contribution in [2.24, 2.45) is 5.73 Å². The van der Waals surface area contributed by atoms with Crippen LogP contribution in [0.5, 0.6) is 0 Å². The summed E-state index contributed by atoms with van der Waals surface area (Å²) in [7, 11) is 1.91. The molecule has 72 valence electrons. The van der Waals surface area contributed by atoms with E-state index in [0.29, 0.717) is 5.70 Å². The summed E-state index contributed by atoms with van der Waals surface area (Å²) in [5.74, 6) is 0.875. The van der Waals surface area contributed by atoms with E-state index < -0.39 is 0 Å². The lowest BCUT2D eigenvalue weighted by Gasteiger charge is -2.24. The molecule has 0 radical (unpaired) electrons. The Morgan fingerprint density at radius 2 is 2.38 bits per heavy atom. The molecule has 0 spiro atoms. The van der Waals surface area contributed by atoms with E-state index in [-0.39, 0.29) is 0 Å². The molecule has 0 unspecified atom stereocenters. The van der Waals surface area contributed by atoms with E-state index in [4.69, 9.17) is 10.6 Å². The molecule has 0 aromatic carbocycles. The fourth-order valence-electron chi connectivity index (χ4n) is 1.10. The molecule has 3 nitrogen and oxygen atoms in total. The highest BCUT2D eigenvalue weighted by atomic mass is 16.7. The number of hydrogen-bond donors (Lipinski definition) is 1. The first kappa shape index (κ1) is 9.86. The topological polar surface area (TPSA) is 38.5 Å². The number of nitrogens with zero attached hydrogens (tertiary/aromatic N) is 1. The van der Waals surface area contributed by atoms with Crippen molar-refractivity contribution in [2.75, 3.05) is 13.6 Å². The summed E-state index contributed by atoms with van der Waals surface area (Å²) >= 11 is 0. The van der Waals surface area contributed by atoms with Crippen molar-refractivity contribution in [3.05, 3.63) is 35.8 Å². The van der Waals surface area contributed by atoms with Crippen LogP contribution in [0.15, 0.2) is 35.8 Å². The maximum Gasteiger partial charge on any atom is 0.146 e. The molecule has 0 atom stereocenters. The fourth-order valence-corrected chi connectivity index (χ4v) is 1.10. The zero-order valence-corrected chi connectivity index (χ0v) is 8.21. The van der Waals surface area contributed by atoms with Crippen molar-refractivity contribution < 1.29 is 4.84 Å². The minimum Gasteiger partial charge on any atom is -0.406 e. The van der Waals surface area contributed by atoms with Gasteiger partial charge in [0.15, 0.2) is 0 Å². The van der Waals surface area contributed by atoms with Gasteiger partial charge in [-0.2, -0.15) is 0 Å². The van der Waals surface area contributed by atoms with Gasteiger partial charge in [-0.1, -0.05) is 6.58 Å².